The van der Waals surface area contributed by atoms with Crippen LogP contribution in [0.15, 0.2) is 42.5 Å². The van der Waals surface area contributed by atoms with Crippen molar-refractivity contribution in [3.05, 3.63) is 64.7 Å². The fraction of sp³-hybridized carbons (Fsp3) is 0.516. The number of carboxylic acid groups (broad SMARTS) is 2. The molecule has 0 amide bonds. The van der Waals surface area contributed by atoms with Crippen LogP contribution in [-0.2, 0) is 28.9 Å². The van der Waals surface area contributed by atoms with Crippen molar-refractivity contribution in [2.75, 3.05) is 39.8 Å². The predicted molar refractivity (Wildman–Crippen MR) is 154 cm³/mol. The number of likely N-dealkylation sites (tertiary alicyclic amines) is 1. The molecule has 0 spiro atoms. The second-order valence-corrected chi connectivity index (χ2v) is 10.7. The molecule has 3 N–H and O–H groups in total. The average molecular weight is 649 g/mol. The van der Waals surface area contributed by atoms with Gasteiger partial charge in [-0.1, -0.05) is 24.3 Å². The van der Waals surface area contributed by atoms with Crippen LogP contribution in [0.2, 0.25) is 0 Å². The molecule has 0 atom stereocenters. The first kappa shape index (κ1) is 37.5. The monoisotopic (exact) mass is 648 g/mol. The zero-order valence-electron chi connectivity index (χ0n) is 24.8. The summed E-state index contributed by atoms with van der Waals surface area (Å²) in [5.41, 5.74) is 5.06. The number of hydrogen-bond donors (Lipinski definition) is 3. The predicted octanol–water partition coefficient (Wildman–Crippen LogP) is 5.57. The summed E-state index contributed by atoms with van der Waals surface area (Å²) < 4.78 is 68.7. The van der Waals surface area contributed by atoms with Crippen molar-refractivity contribution in [2.45, 2.75) is 57.3 Å². The normalized spacial score (nSPS) is 15.7. The van der Waals surface area contributed by atoms with Crippen molar-refractivity contribution in [1.82, 2.24) is 10.2 Å². The number of hydrogen-bond acceptors (Lipinski definition) is 6. The molecule has 0 unspecified atom stereocenters. The molecule has 1 fully saturated rings. The van der Waals surface area contributed by atoms with E-state index in [1.54, 1.807) is 7.11 Å². The lowest BCUT2D eigenvalue weighted by Crippen LogP contribution is -2.35. The highest BCUT2D eigenvalue weighted by Gasteiger charge is 2.38. The van der Waals surface area contributed by atoms with Gasteiger partial charge in [0.15, 0.2) is 5.78 Å². The van der Waals surface area contributed by atoms with Gasteiger partial charge < -0.3 is 25.2 Å². The van der Waals surface area contributed by atoms with Gasteiger partial charge in [0.2, 0.25) is 0 Å². The van der Waals surface area contributed by atoms with E-state index in [2.05, 4.69) is 46.6 Å². The number of piperidine rings is 1. The first-order valence-corrected chi connectivity index (χ1v) is 14.4. The highest BCUT2D eigenvalue weighted by atomic mass is 19.4. The number of rotatable bonds is 8. The summed E-state index contributed by atoms with van der Waals surface area (Å²) in [5, 5.41) is 17.7. The average Bonchev–Trinajstić information content (AvgIpc) is 3.23. The molecule has 1 saturated heterocycles. The molecule has 0 aliphatic carbocycles. The van der Waals surface area contributed by atoms with Gasteiger partial charge in [-0.05, 0) is 112 Å². The molecule has 0 saturated carbocycles. The first-order chi connectivity index (χ1) is 21.1. The van der Waals surface area contributed by atoms with E-state index in [4.69, 9.17) is 24.5 Å². The van der Waals surface area contributed by atoms with Crippen molar-refractivity contribution in [3.63, 3.8) is 0 Å². The molecule has 0 aromatic heterocycles. The summed E-state index contributed by atoms with van der Waals surface area (Å²) in [5.74, 6) is -3.52. The van der Waals surface area contributed by atoms with Crippen LogP contribution in [0.3, 0.4) is 0 Å². The van der Waals surface area contributed by atoms with Crippen molar-refractivity contribution in [2.24, 2.45) is 5.92 Å². The van der Waals surface area contributed by atoms with Crippen LogP contribution in [0, 0.1) is 5.92 Å². The molecule has 4 rings (SSSR count). The number of aliphatic carboxylic acids is 2. The number of Topliss-reactive ketones (excluding diaryl/α,β-unsaturated/α-hetero) is 1. The van der Waals surface area contributed by atoms with Crippen LogP contribution in [0.4, 0.5) is 26.3 Å². The van der Waals surface area contributed by atoms with Crippen molar-refractivity contribution >= 4 is 17.7 Å². The molecular weight excluding hydrogens is 610 g/mol. The van der Waals surface area contributed by atoms with Gasteiger partial charge in [0.1, 0.15) is 5.75 Å². The van der Waals surface area contributed by atoms with Crippen molar-refractivity contribution < 1.29 is 55.7 Å². The van der Waals surface area contributed by atoms with E-state index in [0.29, 0.717) is 12.2 Å². The van der Waals surface area contributed by atoms with Gasteiger partial charge in [-0.15, -0.1) is 0 Å². The molecule has 8 nitrogen and oxygen atoms in total. The van der Waals surface area contributed by atoms with E-state index in [9.17, 15) is 31.1 Å². The maximum atomic E-state index is 12.7. The van der Waals surface area contributed by atoms with Crippen molar-refractivity contribution in [3.8, 4) is 5.75 Å². The smallest absolute Gasteiger partial charge is 0.490 e. The fourth-order valence-electron chi connectivity index (χ4n) is 4.96. The number of fused-ring (bicyclic) bond motifs is 1. The number of alkyl halides is 6. The number of carbonyl (C=O) groups excluding carboxylic acids is 1. The second kappa shape index (κ2) is 17.7. The Hall–Kier alpha value is -3.65. The van der Waals surface area contributed by atoms with Crippen LogP contribution in [0.5, 0.6) is 5.75 Å². The third-order valence-corrected chi connectivity index (χ3v) is 7.42. The summed E-state index contributed by atoms with van der Waals surface area (Å²) in [6.07, 6.45) is -2.80. The fourth-order valence-corrected chi connectivity index (χ4v) is 4.96. The highest BCUT2D eigenvalue weighted by molar-refractivity contribution is 5.96. The maximum absolute atomic E-state index is 12.7. The Morgan fingerprint density at radius 1 is 0.867 bits per heavy atom. The molecule has 2 heterocycles. The lowest BCUT2D eigenvalue weighted by Gasteiger charge is -2.32. The van der Waals surface area contributed by atoms with Crippen LogP contribution in [0.1, 0.15) is 52.7 Å². The number of ether oxygens (including phenoxy) is 1. The number of nitrogens with one attached hydrogen (secondary N) is 1. The lowest BCUT2D eigenvalue weighted by molar-refractivity contribution is -0.193. The second-order valence-electron chi connectivity index (χ2n) is 10.7. The van der Waals surface area contributed by atoms with E-state index in [1.165, 1.54) is 29.5 Å². The van der Waals surface area contributed by atoms with Gasteiger partial charge in [-0.25, -0.2) is 9.59 Å². The van der Waals surface area contributed by atoms with Gasteiger partial charge in [-0.3, -0.25) is 4.79 Å². The molecule has 14 heteroatoms. The van der Waals surface area contributed by atoms with Crippen LogP contribution >= 0.6 is 0 Å². The third kappa shape index (κ3) is 13.9. The number of methoxy groups -OCH3 is 1. The summed E-state index contributed by atoms with van der Waals surface area (Å²) in [7, 11) is 1.71. The SMILES string of the molecule is COc1ccc(CC2CCN(CCCC(=O)c3ccc4c(c3)CCNCC4)CC2)cc1.O=C(O)C(F)(F)F.O=C(O)C(F)(F)F. The van der Waals surface area contributed by atoms with Gasteiger partial charge in [0.05, 0.1) is 7.11 Å². The van der Waals surface area contributed by atoms with Gasteiger partial charge in [-0.2, -0.15) is 26.3 Å². The quantitative estimate of drug-likeness (QED) is 0.252. The molecule has 2 aromatic carbocycles. The topological polar surface area (TPSA) is 116 Å². The summed E-state index contributed by atoms with van der Waals surface area (Å²) >= 11 is 0. The summed E-state index contributed by atoms with van der Waals surface area (Å²) in [6, 6.07) is 14.9. The number of ketones is 1. The van der Waals surface area contributed by atoms with Gasteiger partial charge in [0, 0.05) is 12.0 Å². The third-order valence-electron chi connectivity index (χ3n) is 7.42. The molecule has 2 aromatic rings. The molecule has 45 heavy (non-hydrogen) atoms. The van der Waals surface area contributed by atoms with E-state index in [0.717, 1.165) is 75.6 Å². The van der Waals surface area contributed by atoms with E-state index in [-0.39, 0.29) is 0 Å². The van der Waals surface area contributed by atoms with E-state index < -0.39 is 24.3 Å². The van der Waals surface area contributed by atoms with Gasteiger partial charge in [0.25, 0.3) is 0 Å². The van der Waals surface area contributed by atoms with Crippen LogP contribution in [-0.4, -0.2) is 85.0 Å². The molecular formula is C31H38F6N2O6. The Labute approximate surface area is 257 Å². The Morgan fingerprint density at radius 3 is 1.91 bits per heavy atom. The number of halogens is 6. The minimum atomic E-state index is -5.08. The molecule has 0 radical (unpaired) electrons. The van der Waals surface area contributed by atoms with Crippen LogP contribution in [0.25, 0.3) is 0 Å². The molecule has 0 bridgehead atoms. The van der Waals surface area contributed by atoms with Crippen LogP contribution < -0.4 is 10.1 Å². The van der Waals surface area contributed by atoms with Gasteiger partial charge >= 0.3 is 24.3 Å². The zero-order valence-corrected chi connectivity index (χ0v) is 24.8. The Balaban J connectivity index is 0.000000421. The number of benzene rings is 2. The minimum absolute atomic E-state index is 0.300. The van der Waals surface area contributed by atoms with E-state index in [1.807, 2.05) is 6.07 Å². The lowest BCUT2D eigenvalue weighted by atomic mass is 9.90. The standard InChI is InChI=1S/C27H36N2O2.2C2HF3O2/c1-31-26-8-4-21(5-9-26)19-22-12-17-29(18-13-22)16-2-3-27(30)25-7-6-23-10-14-28-15-11-24(23)20-25;2*3-2(4,5)1(6)7/h4-9,20,22,28H,2-3,10-19H2,1H3;2*(H,6,7). The van der Waals surface area contributed by atoms with Crippen molar-refractivity contribution in [1.29, 1.82) is 0 Å². The van der Waals surface area contributed by atoms with E-state index >= 15 is 0 Å². The molecule has 2 aliphatic rings. The Morgan fingerprint density at radius 2 is 1.40 bits per heavy atom. The summed E-state index contributed by atoms with van der Waals surface area (Å²) in [6.45, 7) is 5.40. The zero-order chi connectivity index (χ0) is 33.6. The number of carbonyl (C=O) groups is 3. The minimum Gasteiger partial charge on any atom is -0.497 e. The summed E-state index contributed by atoms with van der Waals surface area (Å²) in [4.78, 5) is 33.0. The Kier molecular flexibility index (Phi) is 14.8. The molecule has 250 valence electrons. The largest absolute Gasteiger partial charge is 0.497 e. The number of nitrogens with zero attached hydrogens (tertiary/aromatic N) is 1. The maximum Gasteiger partial charge on any atom is 0.490 e. The molecule has 2 aliphatic heterocycles. The highest BCUT2D eigenvalue weighted by Crippen LogP contribution is 2.24. The first-order valence-electron chi connectivity index (χ1n) is 14.4. The number of carboxylic acids is 2. The Bertz CT molecular complexity index is 1220.